The first-order valence-electron chi connectivity index (χ1n) is 12.2. The molecule has 0 saturated carbocycles. The number of likely N-dealkylation sites (tertiary alicyclic amines) is 1. The summed E-state index contributed by atoms with van der Waals surface area (Å²) in [6.45, 7) is 11.5. The van der Waals surface area contributed by atoms with Crippen LogP contribution in [0.15, 0.2) is 24.3 Å². The third kappa shape index (κ3) is 5.78. The smallest absolute Gasteiger partial charge is 0.410 e. The number of piperidine rings is 1. The van der Waals surface area contributed by atoms with Gasteiger partial charge >= 0.3 is 6.09 Å². The second kappa shape index (κ2) is 9.49. The molecule has 7 nitrogen and oxygen atoms in total. The van der Waals surface area contributed by atoms with E-state index in [0.717, 1.165) is 51.3 Å². The summed E-state index contributed by atoms with van der Waals surface area (Å²) in [4.78, 5) is 31.7. The van der Waals surface area contributed by atoms with Gasteiger partial charge in [-0.25, -0.2) is 9.18 Å². The molecule has 8 heteroatoms. The Morgan fingerprint density at radius 2 is 1.73 bits per heavy atom. The molecule has 0 bridgehead atoms. The van der Waals surface area contributed by atoms with Gasteiger partial charge in [-0.1, -0.05) is 0 Å². The van der Waals surface area contributed by atoms with Gasteiger partial charge in [0, 0.05) is 57.5 Å². The first kappa shape index (κ1) is 23.8. The van der Waals surface area contributed by atoms with Crippen molar-refractivity contribution in [3.8, 4) is 0 Å². The fraction of sp³-hybridized carbons (Fsp3) is 0.680. The van der Waals surface area contributed by atoms with Crippen LogP contribution in [0.1, 0.15) is 46.5 Å². The lowest BCUT2D eigenvalue weighted by atomic mass is 9.76. The number of anilines is 1. The van der Waals surface area contributed by atoms with E-state index in [0.29, 0.717) is 25.9 Å². The van der Waals surface area contributed by atoms with Gasteiger partial charge in [-0.2, -0.15) is 0 Å². The number of hydrogen-bond acceptors (Lipinski definition) is 5. The number of ether oxygens (including phenoxy) is 1. The van der Waals surface area contributed by atoms with E-state index in [9.17, 15) is 14.0 Å². The van der Waals surface area contributed by atoms with Gasteiger partial charge < -0.3 is 19.9 Å². The average molecular weight is 461 g/mol. The van der Waals surface area contributed by atoms with Crippen molar-refractivity contribution in [1.29, 1.82) is 0 Å². The predicted octanol–water partition coefficient (Wildman–Crippen LogP) is 3.24. The SMILES string of the molecule is CC(C)(C)OC(=O)N1CCC2(CC1)CC(CCN1CCN(c3ccc(F)cc3)CC1)NC2=O. The second-order valence-corrected chi connectivity index (χ2v) is 10.7. The summed E-state index contributed by atoms with van der Waals surface area (Å²) < 4.78 is 18.6. The molecule has 3 saturated heterocycles. The standard InChI is InChI=1S/C25H37FN4O3/c1-24(2,3)33-23(32)30-12-9-25(10-13-30)18-20(27-22(25)31)8-11-28-14-16-29(17-15-28)21-6-4-19(26)5-7-21/h4-7,20H,8-18H2,1-3H3,(H,27,31). The summed E-state index contributed by atoms with van der Waals surface area (Å²) in [6.07, 6.45) is 2.91. The van der Waals surface area contributed by atoms with Gasteiger partial charge in [-0.05, 0) is 70.7 Å². The van der Waals surface area contributed by atoms with Crippen LogP contribution in [0.25, 0.3) is 0 Å². The maximum atomic E-state index is 13.2. The summed E-state index contributed by atoms with van der Waals surface area (Å²) in [5.41, 5.74) is 0.218. The molecule has 1 aromatic rings. The number of nitrogens with zero attached hydrogens (tertiary/aromatic N) is 3. The van der Waals surface area contributed by atoms with Crippen molar-refractivity contribution in [2.24, 2.45) is 5.41 Å². The Morgan fingerprint density at radius 1 is 1.09 bits per heavy atom. The third-order valence-electron chi connectivity index (χ3n) is 7.18. The van der Waals surface area contributed by atoms with Crippen LogP contribution in [-0.2, 0) is 9.53 Å². The van der Waals surface area contributed by atoms with Crippen LogP contribution in [0.3, 0.4) is 0 Å². The molecule has 33 heavy (non-hydrogen) atoms. The van der Waals surface area contributed by atoms with E-state index in [1.165, 1.54) is 12.1 Å². The number of carbonyl (C=O) groups excluding carboxylic acids is 2. The van der Waals surface area contributed by atoms with Gasteiger partial charge in [0.25, 0.3) is 0 Å². The van der Waals surface area contributed by atoms with Gasteiger partial charge in [0.15, 0.2) is 0 Å². The Bertz CT molecular complexity index is 838. The molecule has 3 heterocycles. The molecule has 2 amide bonds. The van der Waals surface area contributed by atoms with Crippen molar-refractivity contribution in [1.82, 2.24) is 15.1 Å². The van der Waals surface area contributed by atoms with Crippen LogP contribution in [0.4, 0.5) is 14.9 Å². The lowest BCUT2D eigenvalue weighted by Gasteiger charge is -2.38. The Balaban J connectivity index is 1.20. The zero-order valence-electron chi connectivity index (χ0n) is 20.1. The molecular formula is C25H37FN4O3. The van der Waals surface area contributed by atoms with Crippen LogP contribution >= 0.6 is 0 Å². The maximum Gasteiger partial charge on any atom is 0.410 e. The van der Waals surface area contributed by atoms with E-state index >= 15 is 0 Å². The highest BCUT2D eigenvalue weighted by molar-refractivity contribution is 5.85. The molecule has 1 spiro atoms. The number of piperazine rings is 1. The lowest BCUT2D eigenvalue weighted by Crippen LogP contribution is -2.47. The molecular weight excluding hydrogens is 423 g/mol. The van der Waals surface area contributed by atoms with E-state index in [2.05, 4.69) is 15.1 Å². The zero-order chi connectivity index (χ0) is 23.6. The molecule has 3 fully saturated rings. The number of halogens is 1. The topological polar surface area (TPSA) is 65.1 Å². The monoisotopic (exact) mass is 460 g/mol. The number of hydrogen-bond donors (Lipinski definition) is 1. The summed E-state index contributed by atoms with van der Waals surface area (Å²) in [6, 6.07) is 6.90. The molecule has 3 aliphatic rings. The Kier molecular flexibility index (Phi) is 6.84. The van der Waals surface area contributed by atoms with Crippen LogP contribution in [0.2, 0.25) is 0 Å². The maximum absolute atomic E-state index is 13.2. The molecule has 4 rings (SSSR count). The number of rotatable bonds is 4. The van der Waals surface area contributed by atoms with Crippen molar-refractivity contribution in [3.63, 3.8) is 0 Å². The Hall–Kier alpha value is -2.35. The van der Waals surface area contributed by atoms with Gasteiger partial charge in [0.1, 0.15) is 11.4 Å². The summed E-state index contributed by atoms with van der Waals surface area (Å²) in [5, 5.41) is 3.23. The first-order valence-corrected chi connectivity index (χ1v) is 12.2. The minimum Gasteiger partial charge on any atom is -0.444 e. The minimum atomic E-state index is -0.507. The van der Waals surface area contributed by atoms with Crippen LogP contribution < -0.4 is 10.2 Å². The number of nitrogens with one attached hydrogen (secondary N) is 1. The van der Waals surface area contributed by atoms with Gasteiger partial charge in [-0.3, -0.25) is 9.69 Å². The van der Waals surface area contributed by atoms with Crippen molar-refractivity contribution in [3.05, 3.63) is 30.1 Å². The quantitative estimate of drug-likeness (QED) is 0.747. The fourth-order valence-electron chi connectivity index (χ4n) is 5.22. The molecule has 1 unspecified atom stereocenters. The number of amides is 2. The average Bonchev–Trinajstić information content (AvgIpc) is 3.07. The highest BCUT2D eigenvalue weighted by Crippen LogP contribution is 2.41. The van der Waals surface area contributed by atoms with Crippen molar-refractivity contribution >= 4 is 17.7 Å². The van der Waals surface area contributed by atoms with E-state index in [-0.39, 0.29) is 29.3 Å². The normalized spacial score (nSPS) is 23.6. The van der Waals surface area contributed by atoms with Gasteiger partial charge in [0.05, 0.1) is 5.41 Å². The molecule has 0 radical (unpaired) electrons. The van der Waals surface area contributed by atoms with E-state index < -0.39 is 5.60 Å². The van der Waals surface area contributed by atoms with Crippen molar-refractivity contribution in [2.45, 2.75) is 58.1 Å². The summed E-state index contributed by atoms with van der Waals surface area (Å²) in [7, 11) is 0. The summed E-state index contributed by atoms with van der Waals surface area (Å²) >= 11 is 0. The first-order chi connectivity index (χ1) is 15.6. The lowest BCUT2D eigenvalue weighted by molar-refractivity contribution is -0.130. The Labute approximate surface area is 196 Å². The van der Waals surface area contributed by atoms with Crippen molar-refractivity contribution in [2.75, 3.05) is 50.7 Å². The molecule has 1 atom stereocenters. The zero-order valence-corrected chi connectivity index (χ0v) is 20.1. The van der Waals surface area contributed by atoms with E-state index in [1.54, 1.807) is 4.90 Å². The Morgan fingerprint density at radius 3 is 2.33 bits per heavy atom. The van der Waals surface area contributed by atoms with Crippen LogP contribution in [0.5, 0.6) is 0 Å². The molecule has 0 aliphatic carbocycles. The minimum absolute atomic E-state index is 0.150. The molecule has 1 aromatic carbocycles. The predicted molar refractivity (Wildman–Crippen MR) is 126 cm³/mol. The highest BCUT2D eigenvalue weighted by Gasteiger charge is 2.49. The molecule has 3 aliphatic heterocycles. The number of benzene rings is 1. The van der Waals surface area contributed by atoms with Gasteiger partial charge in [-0.15, -0.1) is 0 Å². The van der Waals surface area contributed by atoms with E-state index in [4.69, 9.17) is 4.74 Å². The third-order valence-corrected chi connectivity index (χ3v) is 7.18. The van der Waals surface area contributed by atoms with Crippen LogP contribution in [-0.4, -0.2) is 79.3 Å². The number of carbonyl (C=O) groups is 2. The highest BCUT2D eigenvalue weighted by atomic mass is 19.1. The molecule has 0 aromatic heterocycles. The molecule has 1 N–H and O–H groups in total. The fourth-order valence-corrected chi connectivity index (χ4v) is 5.22. The van der Waals surface area contributed by atoms with E-state index in [1.807, 2.05) is 32.9 Å². The largest absolute Gasteiger partial charge is 0.444 e. The second-order valence-electron chi connectivity index (χ2n) is 10.7. The van der Waals surface area contributed by atoms with Crippen molar-refractivity contribution < 1.29 is 18.7 Å². The van der Waals surface area contributed by atoms with Crippen LogP contribution in [0, 0.1) is 11.2 Å². The molecule has 182 valence electrons. The summed E-state index contributed by atoms with van der Waals surface area (Å²) in [5.74, 6) is -0.0539. The van der Waals surface area contributed by atoms with Gasteiger partial charge in [0.2, 0.25) is 5.91 Å².